The first-order valence-electron chi connectivity index (χ1n) is 6.07. The summed E-state index contributed by atoms with van der Waals surface area (Å²) in [4.78, 5) is 0. The number of nitrogens with one attached hydrogen (secondary N) is 1. The lowest BCUT2D eigenvalue weighted by Crippen LogP contribution is -2.60. The van der Waals surface area contributed by atoms with Gasteiger partial charge < -0.3 is 19.9 Å². The average Bonchev–Trinajstić information content (AvgIpc) is 2.51. The van der Waals surface area contributed by atoms with Gasteiger partial charge in [-0.05, 0) is 17.7 Å². The monoisotopic (exact) mass is 235 g/mol. The highest BCUT2D eigenvalue weighted by Gasteiger charge is 2.34. The Morgan fingerprint density at radius 2 is 1.94 bits per heavy atom. The van der Waals surface area contributed by atoms with Gasteiger partial charge in [0.1, 0.15) is 0 Å². The number of fused-ring (bicyclic) bond motifs is 1. The molecule has 1 fully saturated rings. The van der Waals surface area contributed by atoms with Crippen LogP contribution in [0.1, 0.15) is 12.0 Å². The van der Waals surface area contributed by atoms with E-state index in [9.17, 15) is 5.11 Å². The molecule has 2 aliphatic rings. The smallest absolute Gasteiger partial charge is 0.161 e. The van der Waals surface area contributed by atoms with Crippen LogP contribution in [-0.2, 0) is 6.42 Å². The zero-order valence-electron chi connectivity index (χ0n) is 9.74. The van der Waals surface area contributed by atoms with Crippen LogP contribution in [-0.4, -0.2) is 37.0 Å². The minimum absolute atomic E-state index is 0.584. The molecule has 0 spiro atoms. The fraction of sp³-hybridized carbons (Fsp3) is 0.538. The molecule has 4 heteroatoms. The summed E-state index contributed by atoms with van der Waals surface area (Å²) >= 11 is 0. The SMILES string of the molecule is OC1(Cc2ccc3c(c2)OCCCO3)CNC1. The molecule has 0 saturated carbocycles. The van der Waals surface area contributed by atoms with Gasteiger partial charge in [-0.25, -0.2) is 0 Å². The topological polar surface area (TPSA) is 50.7 Å². The lowest BCUT2D eigenvalue weighted by molar-refractivity contribution is -0.00905. The summed E-state index contributed by atoms with van der Waals surface area (Å²) in [5.74, 6) is 1.61. The number of aliphatic hydroxyl groups is 1. The summed E-state index contributed by atoms with van der Waals surface area (Å²) in [6.07, 6.45) is 1.58. The Morgan fingerprint density at radius 1 is 1.18 bits per heavy atom. The number of hydrogen-bond acceptors (Lipinski definition) is 4. The molecule has 4 nitrogen and oxygen atoms in total. The van der Waals surface area contributed by atoms with Crippen molar-refractivity contribution >= 4 is 0 Å². The van der Waals surface area contributed by atoms with Crippen LogP contribution in [0.25, 0.3) is 0 Å². The summed E-state index contributed by atoms with van der Waals surface area (Å²) in [7, 11) is 0. The van der Waals surface area contributed by atoms with Crippen LogP contribution in [0.5, 0.6) is 11.5 Å². The summed E-state index contributed by atoms with van der Waals surface area (Å²) in [6, 6.07) is 5.92. The van der Waals surface area contributed by atoms with Crippen molar-refractivity contribution in [1.82, 2.24) is 5.32 Å². The van der Waals surface area contributed by atoms with E-state index in [0.29, 0.717) is 32.7 Å². The first-order chi connectivity index (χ1) is 8.25. The largest absolute Gasteiger partial charge is 0.490 e. The summed E-state index contributed by atoms with van der Waals surface area (Å²) in [6.45, 7) is 2.74. The van der Waals surface area contributed by atoms with Crippen molar-refractivity contribution in [3.05, 3.63) is 23.8 Å². The first kappa shape index (κ1) is 10.9. The zero-order chi connectivity index (χ0) is 11.7. The molecule has 3 rings (SSSR count). The molecule has 0 radical (unpaired) electrons. The minimum Gasteiger partial charge on any atom is -0.490 e. The summed E-state index contributed by atoms with van der Waals surface area (Å²) in [5, 5.41) is 13.2. The minimum atomic E-state index is -0.584. The third-order valence-corrected chi connectivity index (χ3v) is 3.25. The number of benzene rings is 1. The molecule has 2 aliphatic heterocycles. The van der Waals surface area contributed by atoms with E-state index in [2.05, 4.69) is 5.32 Å². The van der Waals surface area contributed by atoms with Crippen molar-refractivity contribution < 1.29 is 14.6 Å². The van der Waals surface area contributed by atoms with E-state index in [-0.39, 0.29) is 0 Å². The van der Waals surface area contributed by atoms with Crippen LogP contribution in [0.15, 0.2) is 18.2 Å². The Morgan fingerprint density at radius 3 is 2.65 bits per heavy atom. The normalized spacial score (nSPS) is 21.5. The average molecular weight is 235 g/mol. The van der Waals surface area contributed by atoms with Crippen molar-refractivity contribution in [2.45, 2.75) is 18.4 Å². The van der Waals surface area contributed by atoms with Crippen molar-refractivity contribution in [3.8, 4) is 11.5 Å². The van der Waals surface area contributed by atoms with Gasteiger partial charge >= 0.3 is 0 Å². The highest BCUT2D eigenvalue weighted by atomic mass is 16.5. The van der Waals surface area contributed by atoms with Crippen LogP contribution < -0.4 is 14.8 Å². The fourth-order valence-electron chi connectivity index (χ4n) is 2.24. The summed E-state index contributed by atoms with van der Waals surface area (Å²) in [5.41, 5.74) is 0.512. The maximum Gasteiger partial charge on any atom is 0.161 e. The predicted molar refractivity (Wildman–Crippen MR) is 63.6 cm³/mol. The molecular formula is C13H17NO3. The van der Waals surface area contributed by atoms with Gasteiger partial charge in [0.05, 0.1) is 18.8 Å². The fourth-order valence-corrected chi connectivity index (χ4v) is 2.24. The molecule has 2 heterocycles. The Hall–Kier alpha value is -1.26. The lowest BCUT2D eigenvalue weighted by Gasteiger charge is -2.37. The Labute approximate surface area is 101 Å². The second-order valence-electron chi connectivity index (χ2n) is 4.84. The maximum atomic E-state index is 10.1. The molecular weight excluding hydrogens is 218 g/mol. The van der Waals surface area contributed by atoms with Crippen LogP contribution >= 0.6 is 0 Å². The lowest BCUT2D eigenvalue weighted by atomic mass is 9.89. The van der Waals surface area contributed by atoms with Gasteiger partial charge in [0, 0.05) is 25.9 Å². The van der Waals surface area contributed by atoms with Gasteiger partial charge in [-0.2, -0.15) is 0 Å². The molecule has 1 saturated heterocycles. The molecule has 92 valence electrons. The van der Waals surface area contributed by atoms with Crippen molar-refractivity contribution in [2.75, 3.05) is 26.3 Å². The van der Waals surface area contributed by atoms with Crippen LogP contribution in [0.4, 0.5) is 0 Å². The maximum absolute atomic E-state index is 10.1. The van der Waals surface area contributed by atoms with Gasteiger partial charge in [0.2, 0.25) is 0 Å². The number of hydrogen-bond donors (Lipinski definition) is 2. The van der Waals surface area contributed by atoms with E-state index in [1.807, 2.05) is 18.2 Å². The van der Waals surface area contributed by atoms with Crippen LogP contribution in [0.2, 0.25) is 0 Å². The molecule has 0 bridgehead atoms. The number of rotatable bonds is 2. The van der Waals surface area contributed by atoms with Crippen molar-refractivity contribution in [1.29, 1.82) is 0 Å². The van der Waals surface area contributed by atoms with E-state index < -0.39 is 5.60 Å². The quantitative estimate of drug-likeness (QED) is 0.793. The highest BCUT2D eigenvalue weighted by Crippen LogP contribution is 2.31. The summed E-state index contributed by atoms with van der Waals surface area (Å²) < 4.78 is 11.2. The van der Waals surface area contributed by atoms with Gasteiger partial charge in [0.15, 0.2) is 11.5 Å². The van der Waals surface area contributed by atoms with E-state index in [1.165, 1.54) is 0 Å². The van der Waals surface area contributed by atoms with Gasteiger partial charge in [0.25, 0.3) is 0 Å². The molecule has 2 N–H and O–H groups in total. The molecule has 17 heavy (non-hydrogen) atoms. The van der Waals surface area contributed by atoms with E-state index in [1.54, 1.807) is 0 Å². The highest BCUT2D eigenvalue weighted by molar-refractivity contribution is 5.43. The number of β-amino-alcohol motifs (C(OH)–C–C–N with tert-alkyl or cyclic N) is 1. The molecule has 1 aromatic carbocycles. The molecule has 0 atom stereocenters. The molecule has 0 aliphatic carbocycles. The van der Waals surface area contributed by atoms with E-state index in [4.69, 9.17) is 9.47 Å². The second kappa shape index (κ2) is 4.20. The predicted octanol–water partition coefficient (Wildman–Crippen LogP) is 0.725. The third-order valence-electron chi connectivity index (χ3n) is 3.25. The number of ether oxygens (including phenoxy) is 2. The molecule has 0 aromatic heterocycles. The Bertz CT molecular complexity index is 415. The Kier molecular flexibility index (Phi) is 2.68. The standard InChI is InChI=1S/C13H17NO3/c15-13(8-14-9-13)7-10-2-3-11-12(6-10)17-5-1-4-16-11/h2-3,6,14-15H,1,4-5,7-9H2. The van der Waals surface area contributed by atoms with Gasteiger partial charge in [-0.3, -0.25) is 0 Å². The molecule has 0 amide bonds. The molecule has 1 aromatic rings. The van der Waals surface area contributed by atoms with Crippen molar-refractivity contribution in [3.63, 3.8) is 0 Å². The molecule has 0 unspecified atom stereocenters. The zero-order valence-corrected chi connectivity index (χ0v) is 9.74. The van der Waals surface area contributed by atoms with Crippen molar-refractivity contribution in [2.24, 2.45) is 0 Å². The second-order valence-corrected chi connectivity index (χ2v) is 4.84. The van der Waals surface area contributed by atoms with E-state index >= 15 is 0 Å². The van der Waals surface area contributed by atoms with Gasteiger partial charge in [-0.15, -0.1) is 0 Å². The van der Waals surface area contributed by atoms with Crippen LogP contribution in [0, 0.1) is 0 Å². The third kappa shape index (κ3) is 2.23. The van der Waals surface area contributed by atoms with E-state index in [0.717, 1.165) is 23.5 Å². The Balaban J connectivity index is 1.79. The van der Waals surface area contributed by atoms with Gasteiger partial charge in [-0.1, -0.05) is 6.07 Å². The first-order valence-corrected chi connectivity index (χ1v) is 6.07. The van der Waals surface area contributed by atoms with Crippen LogP contribution in [0.3, 0.4) is 0 Å².